The van der Waals surface area contributed by atoms with Crippen LogP contribution in [0.5, 0.6) is 0 Å². The monoisotopic (exact) mass is 224 g/mol. The fourth-order valence-electron chi connectivity index (χ4n) is 3.16. The first-order valence-corrected chi connectivity index (χ1v) is 7.08. The van der Waals surface area contributed by atoms with E-state index in [2.05, 4.69) is 31.4 Å². The molecule has 2 aliphatic rings. The van der Waals surface area contributed by atoms with Gasteiger partial charge in [-0.25, -0.2) is 0 Å². The molecule has 1 fully saturated rings. The highest BCUT2D eigenvalue weighted by molar-refractivity contribution is 7.98. The quantitative estimate of drug-likeness (QED) is 0.727. The summed E-state index contributed by atoms with van der Waals surface area (Å²) in [6.45, 7) is 2.38. The van der Waals surface area contributed by atoms with Crippen LogP contribution < -0.4 is 0 Å². The number of rotatable bonds is 3. The summed E-state index contributed by atoms with van der Waals surface area (Å²) in [5.74, 6) is 5.42. The molecule has 2 aliphatic carbocycles. The zero-order valence-electron chi connectivity index (χ0n) is 9.77. The summed E-state index contributed by atoms with van der Waals surface area (Å²) in [7, 11) is 1.81. The molecule has 0 N–H and O–H groups in total. The van der Waals surface area contributed by atoms with Crippen LogP contribution in [0.4, 0.5) is 0 Å². The van der Waals surface area contributed by atoms with Gasteiger partial charge in [0.25, 0.3) is 0 Å². The molecule has 0 aromatic rings. The molecule has 15 heavy (non-hydrogen) atoms. The van der Waals surface area contributed by atoms with E-state index in [0.717, 1.165) is 11.8 Å². The van der Waals surface area contributed by atoms with Crippen LogP contribution in [0.1, 0.15) is 13.3 Å². The average Bonchev–Trinajstić information content (AvgIpc) is 2.57. The summed E-state index contributed by atoms with van der Waals surface area (Å²) in [4.78, 5) is 0. The van der Waals surface area contributed by atoms with Crippen molar-refractivity contribution in [2.45, 2.75) is 13.3 Å². The summed E-state index contributed by atoms with van der Waals surface area (Å²) >= 11 is 1.96. The van der Waals surface area contributed by atoms with Gasteiger partial charge < -0.3 is 4.74 Å². The van der Waals surface area contributed by atoms with Gasteiger partial charge in [-0.3, -0.25) is 0 Å². The minimum atomic E-state index is 0.641. The van der Waals surface area contributed by atoms with E-state index in [9.17, 15) is 0 Å². The van der Waals surface area contributed by atoms with E-state index >= 15 is 0 Å². The lowest BCUT2D eigenvalue weighted by Crippen LogP contribution is -2.22. The molecule has 1 saturated carbocycles. The number of hydrogen-bond donors (Lipinski definition) is 0. The maximum absolute atomic E-state index is 5.53. The number of fused-ring (bicyclic) bond motifs is 1. The molecule has 0 aliphatic heterocycles. The van der Waals surface area contributed by atoms with Gasteiger partial charge >= 0.3 is 0 Å². The molecule has 0 aromatic heterocycles. The zero-order chi connectivity index (χ0) is 10.8. The van der Waals surface area contributed by atoms with Crippen LogP contribution in [0.15, 0.2) is 24.0 Å². The standard InChI is InChI=1S/C13H20OS/c1-9-7-10(8-15-3)13-11(9)5-4-6-12(13)14-2/h4-6,9-11,13H,7-8H2,1-3H3. The van der Waals surface area contributed by atoms with Crippen LogP contribution in [-0.4, -0.2) is 19.1 Å². The van der Waals surface area contributed by atoms with Crippen molar-refractivity contribution in [1.82, 2.24) is 0 Å². The minimum absolute atomic E-state index is 0.641. The topological polar surface area (TPSA) is 9.23 Å². The normalized spacial score (nSPS) is 38.7. The van der Waals surface area contributed by atoms with Gasteiger partial charge in [0, 0.05) is 5.92 Å². The lowest BCUT2D eigenvalue weighted by molar-refractivity contribution is 0.203. The second-order valence-corrected chi connectivity index (χ2v) is 5.60. The van der Waals surface area contributed by atoms with Crippen molar-refractivity contribution < 1.29 is 4.74 Å². The van der Waals surface area contributed by atoms with Gasteiger partial charge in [-0.15, -0.1) is 0 Å². The molecule has 84 valence electrons. The maximum atomic E-state index is 5.53. The third-order valence-electron chi connectivity index (χ3n) is 3.79. The molecule has 0 amide bonds. The second-order valence-electron chi connectivity index (χ2n) is 4.69. The van der Waals surface area contributed by atoms with Gasteiger partial charge in [-0.2, -0.15) is 11.8 Å². The maximum Gasteiger partial charge on any atom is 0.0995 e. The fraction of sp³-hybridized carbons (Fsp3) is 0.692. The van der Waals surface area contributed by atoms with Crippen LogP contribution in [0, 0.1) is 23.7 Å². The van der Waals surface area contributed by atoms with Crippen molar-refractivity contribution in [2.24, 2.45) is 23.7 Å². The van der Waals surface area contributed by atoms with Crippen LogP contribution in [-0.2, 0) is 4.74 Å². The first-order valence-electron chi connectivity index (χ1n) is 5.69. The predicted octanol–water partition coefficient (Wildman–Crippen LogP) is 3.34. The summed E-state index contributed by atoms with van der Waals surface area (Å²) in [6.07, 6.45) is 10.2. The Morgan fingerprint density at radius 1 is 1.53 bits per heavy atom. The largest absolute Gasteiger partial charge is 0.501 e. The van der Waals surface area contributed by atoms with Crippen molar-refractivity contribution in [2.75, 3.05) is 19.1 Å². The Morgan fingerprint density at radius 3 is 3.00 bits per heavy atom. The Balaban J connectivity index is 2.19. The SMILES string of the molecule is COC1=CC=CC2C(C)CC(CSC)C12. The number of allylic oxidation sites excluding steroid dienone is 4. The average molecular weight is 224 g/mol. The van der Waals surface area contributed by atoms with E-state index in [1.54, 1.807) is 7.11 Å². The Hall–Kier alpha value is -0.370. The molecular formula is C13H20OS. The highest BCUT2D eigenvalue weighted by Gasteiger charge is 2.42. The van der Waals surface area contributed by atoms with Crippen LogP contribution in [0.2, 0.25) is 0 Å². The van der Waals surface area contributed by atoms with Crippen molar-refractivity contribution in [1.29, 1.82) is 0 Å². The Labute approximate surface area is 97.0 Å². The first kappa shape index (κ1) is 11.1. The van der Waals surface area contributed by atoms with E-state index in [-0.39, 0.29) is 0 Å². The minimum Gasteiger partial charge on any atom is -0.501 e. The number of methoxy groups -OCH3 is 1. The predicted molar refractivity (Wildman–Crippen MR) is 66.9 cm³/mol. The summed E-state index contributed by atoms with van der Waals surface area (Å²) < 4.78 is 5.53. The fourth-order valence-corrected chi connectivity index (χ4v) is 3.93. The van der Waals surface area contributed by atoms with Gasteiger partial charge in [-0.05, 0) is 42.3 Å². The lowest BCUT2D eigenvalue weighted by atomic mass is 9.83. The van der Waals surface area contributed by atoms with Crippen LogP contribution >= 0.6 is 11.8 Å². The molecule has 2 heteroatoms. The van der Waals surface area contributed by atoms with E-state index in [4.69, 9.17) is 4.74 Å². The van der Waals surface area contributed by atoms with Crippen molar-refractivity contribution in [3.05, 3.63) is 24.0 Å². The molecule has 0 heterocycles. The van der Waals surface area contributed by atoms with Gasteiger partial charge in [0.15, 0.2) is 0 Å². The highest BCUT2D eigenvalue weighted by Crippen LogP contribution is 2.48. The second kappa shape index (κ2) is 4.65. The molecular weight excluding hydrogens is 204 g/mol. The smallest absolute Gasteiger partial charge is 0.0995 e. The Kier molecular flexibility index (Phi) is 3.45. The number of thioether (sulfide) groups is 1. The molecule has 0 saturated heterocycles. The van der Waals surface area contributed by atoms with Crippen molar-refractivity contribution >= 4 is 11.8 Å². The van der Waals surface area contributed by atoms with Gasteiger partial charge in [0.1, 0.15) is 0 Å². The van der Waals surface area contributed by atoms with E-state index in [1.165, 1.54) is 17.9 Å². The summed E-state index contributed by atoms with van der Waals surface area (Å²) in [5, 5.41) is 0. The molecule has 4 atom stereocenters. The van der Waals surface area contributed by atoms with Crippen molar-refractivity contribution in [3.8, 4) is 0 Å². The van der Waals surface area contributed by atoms with Gasteiger partial charge in [0.05, 0.1) is 12.9 Å². The van der Waals surface area contributed by atoms with E-state index in [0.29, 0.717) is 11.8 Å². The van der Waals surface area contributed by atoms with Crippen LogP contribution in [0.3, 0.4) is 0 Å². The highest BCUT2D eigenvalue weighted by atomic mass is 32.2. The Bertz CT molecular complexity index is 282. The summed E-state index contributed by atoms with van der Waals surface area (Å²) in [5.41, 5.74) is 0. The molecule has 4 unspecified atom stereocenters. The van der Waals surface area contributed by atoms with Crippen molar-refractivity contribution in [3.63, 3.8) is 0 Å². The molecule has 1 nitrogen and oxygen atoms in total. The third-order valence-corrected chi connectivity index (χ3v) is 4.55. The number of hydrogen-bond acceptors (Lipinski definition) is 2. The van der Waals surface area contributed by atoms with Crippen LogP contribution in [0.25, 0.3) is 0 Å². The summed E-state index contributed by atoms with van der Waals surface area (Å²) in [6, 6.07) is 0. The number of ether oxygens (including phenoxy) is 1. The van der Waals surface area contributed by atoms with E-state index in [1.807, 2.05) is 11.8 Å². The molecule has 0 aromatic carbocycles. The Morgan fingerprint density at radius 2 is 2.33 bits per heavy atom. The third kappa shape index (κ3) is 1.96. The molecule has 0 spiro atoms. The van der Waals surface area contributed by atoms with Gasteiger partial charge in [-0.1, -0.05) is 19.1 Å². The zero-order valence-corrected chi connectivity index (χ0v) is 10.6. The lowest BCUT2D eigenvalue weighted by Gasteiger charge is -2.27. The first-order chi connectivity index (χ1) is 7.27. The molecule has 0 radical (unpaired) electrons. The molecule has 2 rings (SSSR count). The van der Waals surface area contributed by atoms with E-state index < -0.39 is 0 Å². The molecule has 0 bridgehead atoms. The van der Waals surface area contributed by atoms with Gasteiger partial charge in [0.2, 0.25) is 0 Å².